The first kappa shape index (κ1) is 17.3. The highest BCUT2D eigenvalue weighted by atomic mass is 35.5. The Morgan fingerprint density at radius 1 is 1.43 bits per heavy atom. The summed E-state index contributed by atoms with van der Waals surface area (Å²) in [5, 5.41) is 2.63. The summed E-state index contributed by atoms with van der Waals surface area (Å²) >= 11 is 0. The van der Waals surface area contributed by atoms with Crippen LogP contribution in [0.15, 0.2) is 24.3 Å². The maximum atomic E-state index is 11.7. The Labute approximate surface area is 130 Å². The Kier molecular flexibility index (Phi) is 6.98. The summed E-state index contributed by atoms with van der Waals surface area (Å²) in [6, 6.07) is 7.22. The molecule has 0 bridgehead atoms. The van der Waals surface area contributed by atoms with E-state index in [1.54, 1.807) is 17.0 Å². The van der Waals surface area contributed by atoms with E-state index in [0.29, 0.717) is 25.3 Å². The van der Waals surface area contributed by atoms with Gasteiger partial charge in [0, 0.05) is 37.8 Å². The van der Waals surface area contributed by atoms with Crippen LogP contribution in [0, 0.1) is 0 Å². The van der Waals surface area contributed by atoms with Crippen molar-refractivity contribution in [1.29, 1.82) is 0 Å². The Hall–Kier alpha value is -1.79. The van der Waals surface area contributed by atoms with Gasteiger partial charge in [0.1, 0.15) is 5.75 Å². The van der Waals surface area contributed by atoms with E-state index in [2.05, 4.69) is 5.32 Å². The first-order valence-corrected chi connectivity index (χ1v) is 6.70. The van der Waals surface area contributed by atoms with Crippen molar-refractivity contribution in [2.24, 2.45) is 5.73 Å². The van der Waals surface area contributed by atoms with Gasteiger partial charge in [0.05, 0.1) is 0 Å². The molecule has 2 rings (SSSR count). The number of carbonyl (C=O) groups excluding carboxylic acids is 2. The number of carbonyl (C=O) groups is 2. The Balaban J connectivity index is 0.00000220. The summed E-state index contributed by atoms with van der Waals surface area (Å²) in [4.78, 5) is 24.8. The third-order valence-electron chi connectivity index (χ3n) is 3.04. The summed E-state index contributed by atoms with van der Waals surface area (Å²) < 4.78 is 5.41. The zero-order chi connectivity index (χ0) is 14.4. The first-order chi connectivity index (χ1) is 9.70. The molecule has 0 radical (unpaired) electrons. The lowest BCUT2D eigenvalue weighted by molar-refractivity contribution is -0.123. The van der Waals surface area contributed by atoms with Crippen LogP contribution in [0.5, 0.6) is 5.75 Å². The third-order valence-corrected chi connectivity index (χ3v) is 3.04. The topological polar surface area (TPSA) is 84.7 Å². The number of rotatable bonds is 6. The van der Waals surface area contributed by atoms with E-state index in [4.69, 9.17) is 10.5 Å². The minimum Gasteiger partial charge on any atom is -0.484 e. The van der Waals surface area contributed by atoms with Crippen molar-refractivity contribution < 1.29 is 14.3 Å². The van der Waals surface area contributed by atoms with E-state index in [1.807, 2.05) is 12.1 Å². The molecular formula is C14H20ClN3O3. The van der Waals surface area contributed by atoms with Gasteiger partial charge in [-0.3, -0.25) is 9.59 Å². The van der Waals surface area contributed by atoms with Gasteiger partial charge < -0.3 is 20.7 Å². The highest BCUT2D eigenvalue weighted by Crippen LogP contribution is 2.25. The summed E-state index contributed by atoms with van der Waals surface area (Å²) in [6.45, 7) is 1.51. The van der Waals surface area contributed by atoms with Gasteiger partial charge in [-0.1, -0.05) is 6.07 Å². The summed E-state index contributed by atoms with van der Waals surface area (Å²) in [5.74, 6) is 0.492. The second-order valence-corrected chi connectivity index (χ2v) is 4.57. The molecule has 6 nitrogen and oxygen atoms in total. The molecule has 1 aromatic carbocycles. The van der Waals surface area contributed by atoms with Crippen LogP contribution in [0.1, 0.15) is 12.8 Å². The van der Waals surface area contributed by atoms with E-state index in [9.17, 15) is 9.59 Å². The Bertz CT molecular complexity index is 496. The number of amides is 2. The van der Waals surface area contributed by atoms with Crippen molar-refractivity contribution in [3.63, 3.8) is 0 Å². The highest BCUT2D eigenvalue weighted by molar-refractivity contribution is 5.95. The smallest absolute Gasteiger partial charge is 0.257 e. The van der Waals surface area contributed by atoms with Gasteiger partial charge in [-0.15, -0.1) is 12.4 Å². The van der Waals surface area contributed by atoms with Crippen LogP contribution in [0.25, 0.3) is 0 Å². The van der Waals surface area contributed by atoms with Gasteiger partial charge in [0.2, 0.25) is 5.91 Å². The predicted octanol–water partition coefficient (Wildman–Crippen LogP) is 0.689. The Morgan fingerprint density at radius 2 is 2.24 bits per heavy atom. The predicted molar refractivity (Wildman–Crippen MR) is 82.8 cm³/mol. The lowest BCUT2D eigenvalue weighted by atomic mass is 10.3. The van der Waals surface area contributed by atoms with Crippen molar-refractivity contribution in [2.75, 3.05) is 31.1 Å². The number of nitrogens with zero attached hydrogens (tertiary/aromatic N) is 1. The molecule has 1 fully saturated rings. The molecule has 0 aromatic heterocycles. The lowest BCUT2D eigenvalue weighted by Crippen LogP contribution is -2.32. The lowest BCUT2D eigenvalue weighted by Gasteiger charge is -2.16. The molecule has 1 heterocycles. The van der Waals surface area contributed by atoms with Gasteiger partial charge >= 0.3 is 0 Å². The average molecular weight is 314 g/mol. The van der Waals surface area contributed by atoms with Gasteiger partial charge in [-0.25, -0.2) is 0 Å². The zero-order valence-electron chi connectivity index (χ0n) is 11.7. The van der Waals surface area contributed by atoms with Crippen molar-refractivity contribution in [2.45, 2.75) is 12.8 Å². The molecule has 0 spiro atoms. The van der Waals surface area contributed by atoms with E-state index < -0.39 is 0 Å². The molecule has 21 heavy (non-hydrogen) atoms. The molecule has 1 aliphatic rings. The van der Waals surface area contributed by atoms with Crippen LogP contribution >= 0.6 is 12.4 Å². The number of nitrogens with two attached hydrogens (primary N) is 1. The summed E-state index contributed by atoms with van der Waals surface area (Å²) in [5.41, 5.74) is 6.11. The number of ether oxygens (including phenoxy) is 1. The number of hydrogen-bond acceptors (Lipinski definition) is 4. The van der Waals surface area contributed by atoms with Crippen LogP contribution < -0.4 is 20.7 Å². The van der Waals surface area contributed by atoms with Gasteiger partial charge in [0.15, 0.2) is 6.61 Å². The van der Waals surface area contributed by atoms with E-state index in [0.717, 1.165) is 18.7 Å². The minimum absolute atomic E-state index is 0. The molecule has 0 saturated carbocycles. The second kappa shape index (κ2) is 8.49. The van der Waals surface area contributed by atoms with Gasteiger partial charge in [-0.05, 0) is 18.6 Å². The number of nitrogens with one attached hydrogen (secondary N) is 1. The molecular weight excluding hydrogens is 294 g/mol. The molecule has 0 aliphatic carbocycles. The monoisotopic (exact) mass is 313 g/mol. The fourth-order valence-corrected chi connectivity index (χ4v) is 2.07. The van der Waals surface area contributed by atoms with Crippen LogP contribution in [0.2, 0.25) is 0 Å². The van der Waals surface area contributed by atoms with E-state index >= 15 is 0 Å². The maximum Gasteiger partial charge on any atom is 0.257 e. The molecule has 116 valence electrons. The minimum atomic E-state index is -0.210. The fourth-order valence-electron chi connectivity index (χ4n) is 2.07. The van der Waals surface area contributed by atoms with E-state index in [-0.39, 0.29) is 30.8 Å². The standard InChI is InChI=1S/C14H19N3O3.ClH/c15-6-7-16-13(18)10-20-12-4-1-3-11(9-12)17-8-2-5-14(17)19;/h1,3-4,9H,2,5-8,10,15H2,(H,16,18);1H. The highest BCUT2D eigenvalue weighted by Gasteiger charge is 2.21. The quantitative estimate of drug-likeness (QED) is 0.809. The van der Waals surface area contributed by atoms with Crippen LogP contribution in [0.3, 0.4) is 0 Å². The third kappa shape index (κ3) is 4.91. The maximum absolute atomic E-state index is 11.7. The Morgan fingerprint density at radius 3 is 2.90 bits per heavy atom. The first-order valence-electron chi connectivity index (χ1n) is 6.70. The van der Waals surface area contributed by atoms with Crippen LogP contribution in [-0.2, 0) is 9.59 Å². The van der Waals surface area contributed by atoms with Crippen molar-refractivity contribution in [1.82, 2.24) is 5.32 Å². The number of benzene rings is 1. The van der Waals surface area contributed by atoms with Crippen molar-refractivity contribution in [3.8, 4) is 5.75 Å². The average Bonchev–Trinajstić information content (AvgIpc) is 2.89. The number of halogens is 1. The second-order valence-electron chi connectivity index (χ2n) is 4.57. The van der Waals surface area contributed by atoms with Gasteiger partial charge in [0.25, 0.3) is 5.91 Å². The summed E-state index contributed by atoms with van der Waals surface area (Å²) in [7, 11) is 0. The van der Waals surface area contributed by atoms with E-state index in [1.165, 1.54) is 0 Å². The van der Waals surface area contributed by atoms with Crippen molar-refractivity contribution >= 4 is 29.9 Å². The summed E-state index contributed by atoms with van der Waals surface area (Å²) in [6.07, 6.45) is 1.47. The number of hydrogen-bond donors (Lipinski definition) is 2. The molecule has 3 N–H and O–H groups in total. The van der Waals surface area contributed by atoms with Crippen molar-refractivity contribution in [3.05, 3.63) is 24.3 Å². The van der Waals surface area contributed by atoms with Crippen LogP contribution in [0.4, 0.5) is 5.69 Å². The number of anilines is 1. The molecule has 2 amide bonds. The zero-order valence-corrected chi connectivity index (χ0v) is 12.5. The molecule has 1 aliphatic heterocycles. The van der Waals surface area contributed by atoms with Crippen LogP contribution in [-0.4, -0.2) is 38.1 Å². The molecule has 7 heteroatoms. The molecule has 1 aromatic rings. The molecule has 1 saturated heterocycles. The molecule has 0 unspecified atom stereocenters. The largest absolute Gasteiger partial charge is 0.484 e. The normalized spacial score (nSPS) is 13.8. The SMILES string of the molecule is Cl.NCCNC(=O)COc1cccc(N2CCCC2=O)c1. The van der Waals surface area contributed by atoms with Gasteiger partial charge in [-0.2, -0.15) is 0 Å². The fraction of sp³-hybridized carbons (Fsp3) is 0.429. The molecule has 0 atom stereocenters.